The maximum atomic E-state index is 13.2. The van der Waals surface area contributed by atoms with E-state index >= 15 is 0 Å². The molecule has 11 heteroatoms. The van der Waals surface area contributed by atoms with Crippen molar-refractivity contribution in [1.29, 1.82) is 0 Å². The second kappa shape index (κ2) is 8.54. The lowest BCUT2D eigenvalue weighted by Gasteiger charge is -2.28. The fraction of sp³-hybridized carbons (Fsp3) is 0.308. The van der Waals surface area contributed by atoms with Crippen molar-refractivity contribution in [2.24, 2.45) is 10.2 Å². The van der Waals surface area contributed by atoms with Gasteiger partial charge in [0.1, 0.15) is 22.7 Å². The van der Waals surface area contributed by atoms with Crippen molar-refractivity contribution in [3.63, 3.8) is 0 Å². The Balaban J connectivity index is 1.34. The summed E-state index contributed by atoms with van der Waals surface area (Å²) in [6.07, 6.45) is 3.89. The van der Waals surface area contributed by atoms with Gasteiger partial charge in [-0.05, 0) is 42.3 Å². The molecule has 1 fully saturated rings. The number of benzene rings is 1. The van der Waals surface area contributed by atoms with Gasteiger partial charge >= 0.3 is 6.03 Å². The van der Waals surface area contributed by atoms with Crippen molar-refractivity contribution in [2.45, 2.75) is 37.9 Å². The molecule has 11 nitrogen and oxygen atoms in total. The summed E-state index contributed by atoms with van der Waals surface area (Å²) >= 11 is 0. The summed E-state index contributed by atoms with van der Waals surface area (Å²) in [7, 11) is 1.53. The Hall–Kier alpha value is -4.54. The maximum absolute atomic E-state index is 13.2. The van der Waals surface area contributed by atoms with E-state index in [2.05, 4.69) is 32.8 Å². The van der Waals surface area contributed by atoms with Gasteiger partial charge < -0.3 is 19.4 Å². The Bertz CT molecular complexity index is 1520. The van der Waals surface area contributed by atoms with E-state index in [9.17, 15) is 14.4 Å². The lowest BCUT2D eigenvalue weighted by Crippen LogP contribution is -2.52. The summed E-state index contributed by atoms with van der Waals surface area (Å²) < 4.78 is 11.3. The molecule has 0 bridgehead atoms. The zero-order valence-corrected chi connectivity index (χ0v) is 20.3. The number of azo groups is 1. The number of pyridine rings is 1. The van der Waals surface area contributed by atoms with Crippen LogP contribution in [0.15, 0.2) is 57.1 Å². The first-order valence-corrected chi connectivity index (χ1v) is 12.0. The zero-order chi connectivity index (χ0) is 25.7. The highest BCUT2D eigenvalue weighted by molar-refractivity contribution is 6.08. The van der Waals surface area contributed by atoms with Gasteiger partial charge in [-0.3, -0.25) is 14.9 Å². The van der Waals surface area contributed by atoms with E-state index in [0.717, 1.165) is 18.4 Å². The molecular weight excluding hydrogens is 476 g/mol. The van der Waals surface area contributed by atoms with E-state index in [1.54, 1.807) is 30.3 Å². The van der Waals surface area contributed by atoms with Crippen LogP contribution in [0.5, 0.6) is 5.75 Å². The molecule has 2 aromatic heterocycles. The molecular formula is C26H24N6O5. The van der Waals surface area contributed by atoms with E-state index in [4.69, 9.17) is 9.15 Å². The summed E-state index contributed by atoms with van der Waals surface area (Å²) in [6.45, 7) is 2.26. The normalized spacial score (nSPS) is 22.4. The van der Waals surface area contributed by atoms with Crippen molar-refractivity contribution in [3.8, 4) is 5.75 Å². The molecule has 6 rings (SSSR count). The number of methoxy groups -OCH3 is 1. The standard InChI is InChI=1S/C26H24N6O5/c1-3-4-15-9-19(31-30-15)18-7-8-21-20(27-18)11-22(37-21)26(24(34)28-25(35)29-26)13-32-12-14-5-6-16(36-2)10-17(14)23(32)33/h5-11,15H,3-4,12-13H2,1-2H3,(H2,28,29,34,35)/t15?,26-/m0/s1. The topological polar surface area (TPSA) is 138 Å². The minimum Gasteiger partial charge on any atom is -0.497 e. The van der Waals surface area contributed by atoms with E-state index in [0.29, 0.717) is 33.8 Å². The minimum atomic E-state index is -1.61. The van der Waals surface area contributed by atoms with Gasteiger partial charge in [0.25, 0.3) is 11.8 Å². The lowest BCUT2D eigenvalue weighted by atomic mass is 9.95. The van der Waals surface area contributed by atoms with Crippen LogP contribution in [-0.2, 0) is 16.9 Å². The monoisotopic (exact) mass is 500 g/mol. The number of rotatable bonds is 7. The molecule has 4 amide bonds. The van der Waals surface area contributed by atoms with Gasteiger partial charge in [-0.25, -0.2) is 9.78 Å². The van der Waals surface area contributed by atoms with E-state index in [-0.39, 0.29) is 30.8 Å². The van der Waals surface area contributed by atoms with E-state index < -0.39 is 17.5 Å². The van der Waals surface area contributed by atoms with Gasteiger partial charge in [-0.1, -0.05) is 19.4 Å². The lowest BCUT2D eigenvalue weighted by molar-refractivity contribution is -0.125. The fourth-order valence-electron chi connectivity index (χ4n) is 4.97. The van der Waals surface area contributed by atoms with E-state index in [1.165, 1.54) is 12.0 Å². The summed E-state index contributed by atoms with van der Waals surface area (Å²) in [5, 5.41) is 13.5. The van der Waals surface area contributed by atoms with Gasteiger partial charge in [-0.15, -0.1) is 0 Å². The Labute approximate surface area is 211 Å². The summed E-state index contributed by atoms with van der Waals surface area (Å²) in [6, 6.07) is 9.80. The van der Waals surface area contributed by atoms with Crippen LogP contribution in [0.25, 0.3) is 16.8 Å². The SMILES string of the molecule is CCCC1C=C(c2ccc3oc([C@]4(CN5Cc6ccc(OC)cc6C5=O)NC(=O)NC4=O)cc3n2)N=N1. The molecule has 3 aliphatic rings. The van der Waals surface area contributed by atoms with Crippen LogP contribution in [0.4, 0.5) is 4.79 Å². The number of hydrogen-bond acceptors (Lipinski definition) is 8. The molecule has 1 aromatic carbocycles. The predicted molar refractivity (Wildman–Crippen MR) is 132 cm³/mol. The molecule has 0 radical (unpaired) electrons. The number of imide groups is 1. The molecule has 188 valence electrons. The smallest absolute Gasteiger partial charge is 0.322 e. The number of carbonyl (C=O) groups excluding carboxylic acids is 3. The average Bonchev–Trinajstić information content (AvgIpc) is 3.65. The average molecular weight is 501 g/mol. The first-order chi connectivity index (χ1) is 17.9. The summed E-state index contributed by atoms with van der Waals surface area (Å²) in [4.78, 5) is 44.8. The van der Waals surface area contributed by atoms with Crippen molar-refractivity contribution in [2.75, 3.05) is 13.7 Å². The van der Waals surface area contributed by atoms with Crippen LogP contribution in [-0.4, -0.2) is 47.4 Å². The third-order valence-corrected chi connectivity index (χ3v) is 6.87. The number of urea groups is 1. The fourth-order valence-corrected chi connectivity index (χ4v) is 4.97. The molecule has 1 saturated heterocycles. The molecule has 5 heterocycles. The molecule has 1 unspecified atom stereocenters. The molecule has 3 aromatic rings. The van der Waals surface area contributed by atoms with Crippen LogP contribution in [0.3, 0.4) is 0 Å². The molecule has 37 heavy (non-hydrogen) atoms. The number of carbonyl (C=O) groups is 3. The summed E-state index contributed by atoms with van der Waals surface area (Å²) in [5.74, 6) is -0.123. The largest absolute Gasteiger partial charge is 0.497 e. The Morgan fingerprint density at radius 1 is 1.19 bits per heavy atom. The van der Waals surface area contributed by atoms with Gasteiger partial charge in [-0.2, -0.15) is 10.2 Å². The third-order valence-electron chi connectivity index (χ3n) is 6.87. The minimum absolute atomic E-state index is 0.0418. The number of fused-ring (bicyclic) bond motifs is 2. The molecule has 0 aliphatic carbocycles. The Morgan fingerprint density at radius 2 is 2.05 bits per heavy atom. The summed E-state index contributed by atoms with van der Waals surface area (Å²) in [5.41, 5.74) is 1.94. The first-order valence-electron chi connectivity index (χ1n) is 12.0. The van der Waals surface area contributed by atoms with Crippen LogP contribution >= 0.6 is 0 Å². The Morgan fingerprint density at radius 3 is 2.81 bits per heavy atom. The van der Waals surface area contributed by atoms with Crippen molar-refractivity contribution in [1.82, 2.24) is 20.5 Å². The van der Waals surface area contributed by atoms with Gasteiger partial charge in [0, 0.05) is 18.2 Å². The van der Waals surface area contributed by atoms with Crippen LogP contribution < -0.4 is 15.4 Å². The van der Waals surface area contributed by atoms with Crippen molar-refractivity contribution >= 4 is 34.6 Å². The van der Waals surface area contributed by atoms with Gasteiger partial charge in [0.05, 0.1) is 25.4 Å². The highest BCUT2D eigenvalue weighted by Gasteiger charge is 2.53. The van der Waals surface area contributed by atoms with Gasteiger partial charge in [0.15, 0.2) is 11.1 Å². The predicted octanol–water partition coefficient (Wildman–Crippen LogP) is 3.50. The molecule has 0 saturated carbocycles. The highest BCUT2D eigenvalue weighted by atomic mass is 16.5. The first kappa shape index (κ1) is 22.9. The number of nitrogens with zero attached hydrogens (tertiary/aromatic N) is 4. The molecule has 2 atom stereocenters. The zero-order valence-electron chi connectivity index (χ0n) is 20.3. The molecule has 3 aliphatic heterocycles. The Kier molecular flexibility index (Phi) is 5.28. The number of hydrogen-bond donors (Lipinski definition) is 2. The molecule has 0 spiro atoms. The second-order valence-electron chi connectivity index (χ2n) is 9.31. The maximum Gasteiger partial charge on any atom is 0.322 e. The van der Waals surface area contributed by atoms with Crippen LogP contribution in [0.2, 0.25) is 0 Å². The highest BCUT2D eigenvalue weighted by Crippen LogP contribution is 2.35. The number of furan rings is 1. The van der Waals surface area contributed by atoms with E-state index in [1.807, 2.05) is 12.1 Å². The van der Waals surface area contributed by atoms with Crippen molar-refractivity contribution < 1.29 is 23.5 Å². The quantitative estimate of drug-likeness (QED) is 0.476. The van der Waals surface area contributed by atoms with Crippen LogP contribution in [0, 0.1) is 0 Å². The number of nitrogens with one attached hydrogen (secondary N) is 2. The third kappa shape index (κ3) is 3.74. The number of ether oxygens (including phenoxy) is 1. The second-order valence-corrected chi connectivity index (χ2v) is 9.31. The number of aromatic nitrogens is 1. The van der Waals surface area contributed by atoms with Crippen molar-refractivity contribution in [3.05, 3.63) is 65.1 Å². The van der Waals surface area contributed by atoms with Gasteiger partial charge in [0.2, 0.25) is 0 Å². The number of amides is 4. The molecule has 2 N–H and O–H groups in total. The van der Waals surface area contributed by atoms with Crippen LogP contribution in [0.1, 0.15) is 47.1 Å².